The van der Waals surface area contributed by atoms with E-state index in [-0.39, 0.29) is 25.0 Å². The first-order valence-corrected chi connectivity index (χ1v) is 22.6. The summed E-state index contributed by atoms with van der Waals surface area (Å²) in [6, 6.07) is 23.3. The van der Waals surface area contributed by atoms with Crippen molar-refractivity contribution < 1.29 is 38.7 Å². The number of carbonyl (C=O) groups excluding carboxylic acids is 2. The van der Waals surface area contributed by atoms with Crippen LogP contribution in [-0.2, 0) is 9.47 Å². The molecule has 0 bridgehead atoms. The van der Waals surface area contributed by atoms with E-state index in [1.165, 1.54) is 36.9 Å². The molecule has 4 aromatic carbocycles. The second-order valence-electron chi connectivity index (χ2n) is 13.0. The summed E-state index contributed by atoms with van der Waals surface area (Å²) in [5, 5.41) is 22.9. The van der Waals surface area contributed by atoms with Gasteiger partial charge in [0.05, 0.1) is 49.7 Å². The number of phenols is 2. The van der Waals surface area contributed by atoms with E-state index in [9.17, 15) is 19.8 Å². The molecule has 0 saturated carbocycles. The smallest absolute Gasteiger partial charge is 0.351 e. The molecule has 0 fully saturated rings. The van der Waals surface area contributed by atoms with Crippen molar-refractivity contribution in [3.63, 3.8) is 0 Å². The number of nitrogens with zero attached hydrogens (tertiary/aromatic N) is 4. The van der Waals surface area contributed by atoms with Gasteiger partial charge in [0.1, 0.15) is 57.9 Å². The van der Waals surface area contributed by atoms with Crippen molar-refractivity contribution in [2.24, 2.45) is 0 Å². The van der Waals surface area contributed by atoms with Crippen LogP contribution in [-0.4, -0.2) is 55.5 Å². The van der Waals surface area contributed by atoms with E-state index >= 15 is 0 Å². The van der Waals surface area contributed by atoms with Crippen LogP contribution in [0, 0.1) is 0 Å². The molecule has 4 heterocycles. The number of halogens is 5. The minimum Gasteiger partial charge on any atom is -0.507 e. The Bertz CT molecular complexity index is 2950. The lowest BCUT2D eigenvalue weighted by atomic mass is 10.1. The maximum atomic E-state index is 12.4. The molecule has 8 rings (SSSR count). The van der Waals surface area contributed by atoms with Gasteiger partial charge in [-0.2, -0.15) is 0 Å². The van der Waals surface area contributed by atoms with Gasteiger partial charge in [-0.05, 0) is 92.0 Å². The zero-order valence-corrected chi connectivity index (χ0v) is 40.1. The van der Waals surface area contributed by atoms with Gasteiger partial charge in [0.15, 0.2) is 9.75 Å². The number of benzene rings is 4. The number of aromatic hydroxyl groups is 2. The molecule has 0 aliphatic rings. The summed E-state index contributed by atoms with van der Waals surface area (Å²) in [5.41, 5.74) is 4.31. The Morgan fingerprint density at radius 1 is 0.677 bits per heavy atom. The molecule has 4 aromatic heterocycles. The molecular weight excluding hydrogens is 1080 g/mol. The van der Waals surface area contributed by atoms with E-state index in [0.29, 0.717) is 76.8 Å². The normalized spacial score (nSPS) is 12.0. The number of thiophene rings is 2. The predicted octanol–water partition coefficient (Wildman–Crippen LogP) is 13.7. The van der Waals surface area contributed by atoms with E-state index in [1.54, 1.807) is 64.3 Å². The van der Waals surface area contributed by atoms with Gasteiger partial charge in [0, 0.05) is 33.3 Å². The van der Waals surface area contributed by atoms with Crippen LogP contribution in [0.3, 0.4) is 0 Å². The molecule has 8 aromatic rings. The fraction of sp³-hybridized carbons (Fsp3) is 0.163. The first kappa shape index (κ1) is 46.9. The van der Waals surface area contributed by atoms with E-state index in [0.717, 1.165) is 11.1 Å². The van der Waals surface area contributed by atoms with Gasteiger partial charge in [0.25, 0.3) is 0 Å². The topological polar surface area (TPSA) is 147 Å². The Morgan fingerprint density at radius 3 is 1.60 bits per heavy atom. The molecule has 0 spiro atoms. The summed E-state index contributed by atoms with van der Waals surface area (Å²) in [6.45, 7) is 3.72. The van der Waals surface area contributed by atoms with Crippen LogP contribution in [0.5, 0.6) is 23.0 Å². The molecule has 0 unspecified atom stereocenters. The third-order valence-electron chi connectivity index (χ3n) is 9.21. The molecule has 0 aliphatic heterocycles. The van der Waals surface area contributed by atoms with Gasteiger partial charge in [-0.15, -0.1) is 22.7 Å². The fourth-order valence-electron chi connectivity index (χ4n) is 6.20. The number of ether oxygens (including phenoxy) is 4. The predicted molar refractivity (Wildman–Crippen MR) is 255 cm³/mol. The maximum Gasteiger partial charge on any atom is 0.351 e. The van der Waals surface area contributed by atoms with Crippen LogP contribution in [0.25, 0.3) is 32.1 Å². The van der Waals surface area contributed by atoms with E-state index in [4.69, 9.17) is 42.1 Å². The van der Waals surface area contributed by atoms with Gasteiger partial charge < -0.3 is 29.2 Å². The average Bonchev–Trinajstić information content (AvgIpc) is 4.06. The van der Waals surface area contributed by atoms with Crippen LogP contribution in [0.1, 0.15) is 64.0 Å². The lowest BCUT2D eigenvalue weighted by Gasteiger charge is -2.16. The van der Waals surface area contributed by atoms with E-state index < -0.39 is 18.0 Å². The summed E-state index contributed by atoms with van der Waals surface area (Å²) in [7, 11) is 2.64. The summed E-state index contributed by atoms with van der Waals surface area (Å²) < 4.78 is 27.2. The van der Waals surface area contributed by atoms with Crippen LogP contribution in [0.4, 0.5) is 0 Å². The molecule has 0 aliphatic carbocycles. The highest BCUT2D eigenvalue weighted by molar-refractivity contribution is 9.11. The van der Waals surface area contributed by atoms with Crippen molar-refractivity contribution in [3.8, 4) is 33.0 Å². The standard InChI is InChI=1S/C21H15Br2ClN2O4S.C21H16BrClN2O4S.CH4/c1-10(11-5-3-4-6-13(11)24)30-15-8-16(31-20(15)21(28)29-2)26-9-25-14-7-12(22)19(27)17(23)18(14)26;1-11(12-5-3-4-6-13(12)23)29-16-9-17(30-20(16)21(27)28-2)25-10-24-14-7-8-15(26)18(22)19(14)25;/h3-10,27H,1-2H3;3-11,26H,1-2H3;1H4/t10-;11-;/m11./s1. The van der Waals surface area contributed by atoms with Gasteiger partial charge in [-0.3, -0.25) is 9.13 Å². The number of esters is 2. The zero-order chi connectivity index (χ0) is 43.7. The van der Waals surface area contributed by atoms with Crippen LogP contribution in [0.2, 0.25) is 10.0 Å². The molecule has 0 radical (unpaired) electrons. The van der Waals surface area contributed by atoms with Crippen molar-refractivity contribution in [1.82, 2.24) is 19.1 Å². The Kier molecular flexibility index (Phi) is 15.0. The molecule has 322 valence electrons. The molecule has 62 heavy (non-hydrogen) atoms. The van der Waals surface area contributed by atoms with Crippen molar-refractivity contribution in [3.05, 3.63) is 136 Å². The summed E-state index contributed by atoms with van der Waals surface area (Å²) >= 11 is 25.2. The number of aromatic nitrogens is 4. The number of carbonyl (C=O) groups is 2. The minimum atomic E-state index is -0.508. The number of imidazole rings is 2. The number of methoxy groups -OCH3 is 2. The Balaban J connectivity index is 0.000000204. The second-order valence-corrected chi connectivity index (χ2v) is 18.3. The second kappa shape index (κ2) is 19.8. The number of phenolic OH excluding ortho intramolecular Hbond substituents is 2. The highest BCUT2D eigenvalue weighted by Crippen LogP contribution is 2.43. The molecule has 19 heteroatoms. The number of hydrogen-bond acceptors (Lipinski definition) is 12. The van der Waals surface area contributed by atoms with Crippen molar-refractivity contribution in [1.29, 1.82) is 0 Å². The average molecular weight is 1110 g/mol. The van der Waals surface area contributed by atoms with Gasteiger partial charge >= 0.3 is 11.9 Å². The monoisotopic (exact) mass is 1110 g/mol. The quantitative estimate of drug-likeness (QED) is 0.127. The SMILES string of the molecule is C.COC(=O)c1sc(-n2cnc3cc(Br)c(O)c(Br)c32)cc1O[C@H](C)c1ccccc1Cl.COC(=O)c1sc(-n2cnc3ccc(O)c(Br)c32)cc1O[C@H](C)c1ccccc1Cl. The van der Waals surface area contributed by atoms with Gasteiger partial charge in [-0.1, -0.05) is 67.0 Å². The lowest BCUT2D eigenvalue weighted by Crippen LogP contribution is -2.07. The highest BCUT2D eigenvalue weighted by Gasteiger charge is 2.26. The summed E-state index contributed by atoms with van der Waals surface area (Å²) in [5.74, 6) is -0.0998. The lowest BCUT2D eigenvalue weighted by molar-refractivity contribution is 0.0590. The molecule has 0 amide bonds. The Morgan fingerprint density at radius 2 is 1.13 bits per heavy atom. The Hall–Kier alpha value is -4.62. The highest BCUT2D eigenvalue weighted by atomic mass is 79.9. The van der Waals surface area contributed by atoms with Crippen LogP contribution >= 0.6 is 93.7 Å². The zero-order valence-electron chi connectivity index (χ0n) is 32.2. The van der Waals surface area contributed by atoms with Crippen LogP contribution in [0.15, 0.2) is 105 Å². The van der Waals surface area contributed by atoms with E-state index in [2.05, 4.69) is 57.8 Å². The largest absolute Gasteiger partial charge is 0.507 e. The van der Waals surface area contributed by atoms with Gasteiger partial charge in [0.2, 0.25) is 0 Å². The molecule has 2 atom stereocenters. The van der Waals surface area contributed by atoms with Gasteiger partial charge in [-0.25, -0.2) is 19.6 Å². The van der Waals surface area contributed by atoms with Crippen LogP contribution < -0.4 is 9.47 Å². The maximum absolute atomic E-state index is 12.4. The summed E-state index contributed by atoms with van der Waals surface area (Å²) in [6.07, 6.45) is 2.46. The minimum absolute atomic E-state index is 0. The first-order valence-electron chi connectivity index (χ1n) is 17.9. The fourth-order valence-corrected chi connectivity index (χ4v) is 10.6. The third kappa shape index (κ3) is 9.35. The first-order chi connectivity index (χ1) is 29.2. The molecule has 2 N–H and O–H groups in total. The van der Waals surface area contributed by atoms with E-state index in [1.807, 2.05) is 50.2 Å². The van der Waals surface area contributed by atoms with Crippen molar-refractivity contribution in [2.75, 3.05) is 14.2 Å². The summed E-state index contributed by atoms with van der Waals surface area (Å²) in [4.78, 5) is 34.2. The molecular formula is C43H35Br3Cl2N4O8S2. The number of hydrogen-bond donors (Lipinski definition) is 2. The van der Waals surface area contributed by atoms with Crippen molar-refractivity contribution in [2.45, 2.75) is 33.5 Å². The molecule has 12 nitrogen and oxygen atoms in total. The molecule has 0 saturated heterocycles. The number of rotatable bonds is 10. The Labute approximate surface area is 399 Å². The number of fused-ring (bicyclic) bond motifs is 2. The van der Waals surface area contributed by atoms with Crippen molar-refractivity contribution >= 4 is 128 Å². The third-order valence-corrected chi connectivity index (χ3v) is 14.2.